The molecule has 1 N–H and O–H groups in total. The number of hydrogen-bond donors (Lipinski definition) is 1. The van der Waals surface area contributed by atoms with Gasteiger partial charge in [-0.3, -0.25) is 13.9 Å². The Morgan fingerprint density at radius 3 is 2.05 bits per heavy atom. The Morgan fingerprint density at radius 2 is 1.49 bits per heavy atom. The molecule has 0 radical (unpaired) electrons. The number of anilines is 1. The van der Waals surface area contributed by atoms with Crippen molar-refractivity contribution in [2.45, 2.75) is 51.1 Å². The van der Waals surface area contributed by atoms with Crippen molar-refractivity contribution in [3.05, 3.63) is 87.3 Å². The van der Waals surface area contributed by atoms with Gasteiger partial charge in [-0.2, -0.15) is 0 Å². The first-order chi connectivity index (χ1) is 19.6. The smallest absolute Gasteiger partial charge is 0.264 e. The third-order valence-corrected chi connectivity index (χ3v) is 9.22. The molecule has 0 fully saturated rings. The predicted octanol–water partition coefficient (Wildman–Crippen LogP) is 6.14. The fourth-order valence-corrected chi connectivity index (χ4v) is 5.99. The molecule has 220 valence electrons. The number of rotatable bonds is 14. The van der Waals surface area contributed by atoms with Crippen LogP contribution in [0.25, 0.3) is 0 Å². The van der Waals surface area contributed by atoms with Gasteiger partial charge in [-0.1, -0.05) is 57.3 Å². The van der Waals surface area contributed by atoms with E-state index < -0.39 is 28.5 Å². The molecule has 0 aliphatic heterocycles. The zero-order valence-electron chi connectivity index (χ0n) is 23.3. The Balaban J connectivity index is 2.00. The summed E-state index contributed by atoms with van der Waals surface area (Å²) in [5.74, 6) is -0.231. The first-order valence-corrected chi connectivity index (χ1v) is 16.4. The second-order valence-electron chi connectivity index (χ2n) is 9.36. The van der Waals surface area contributed by atoms with E-state index in [0.29, 0.717) is 24.6 Å². The minimum Gasteiger partial charge on any atom is -0.494 e. The van der Waals surface area contributed by atoms with Gasteiger partial charge in [-0.05, 0) is 86.5 Å². The Morgan fingerprint density at radius 1 is 0.902 bits per heavy atom. The fourth-order valence-electron chi connectivity index (χ4n) is 4.04. The van der Waals surface area contributed by atoms with Crippen LogP contribution in [0.4, 0.5) is 5.69 Å². The van der Waals surface area contributed by atoms with Gasteiger partial charge in [-0.15, -0.1) is 0 Å². The lowest BCUT2D eigenvalue weighted by molar-refractivity contribution is -0.139. The molecule has 0 bridgehead atoms. The molecule has 1 unspecified atom stereocenters. The van der Waals surface area contributed by atoms with Gasteiger partial charge in [0.15, 0.2) is 0 Å². The Labute approximate surface area is 259 Å². The summed E-state index contributed by atoms with van der Waals surface area (Å²) in [5.41, 5.74) is 1.10. The molecule has 0 heterocycles. The van der Waals surface area contributed by atoms with Gasteiger partial charge in [0.05, 0.1) is 17.2 Å². The van der Waals surface area contributed by atoms with E-state index in [-0.39, 0.29) is 17.3 Å². The summed E-state index contributed by atoms with van der Waals surface area (Å²) in [4.78, 5) is 28.5. The number of unbranched alkanes of at least 4 members (excludes halogenated alkanes) is 1. The molecule has 2 amide bonds. The number of carbonyl (C=O) groups excluding carboxylic acids is 2. The highest BCUT2D eigenvalue weighted by atomic mass is 79.9. The third kappa shape index (κ3) is 9.05. The van der Waals surface area contributed by atoms with Gasteiger partial charge >= 0.3 is 0 Å². The van der Waals surface area contributed by atoms with Crippen LogP contribution in [0.5, 0.6) is 5.75 Å². The maximum Gasteiger partial charge on any atom is 0.264 e. The Hall–Kier alpha value is -2.89. The summed E-state index contributed by atoms with van der Waals surface area (Å²) in [5, 5.41) is 2.89. The van der Waals surface area contributed by atoms with Crippen LogP contribution < -0.4 is 14.4 Å². The molecule has 3 aromatic rings. The van der Waals surface area contributed by atoms with Crippen molar-refractivity contribution >= 4 is 59.4 Å². The molecule has 0 aromatic heterocycles. The second kappa shape index (κ2) is 15.4. The summed E-state index contributed by atoms with van der Waals surface area (Å²) in [6.07, 6.45) is 1.73. The Bertz CT molecular complexity index is 1400. The van der Waals surface area contributed by atoms with E-state index in [4.69, 9.17) is 4.74 Å². The number of ether oxygens (including phenoxy) is 1. The van der Waals surface area contributed by atoms with E-state index in [0.717, 1.165) is 31.7 Å². The number of hydrogen-bond acceptors (Lipinski definition) is 5. The summed E-state index contributed by atoms with van der Waals surface area (Å²) < 4.78 is 36.0. The van der Waals surface area contributed by atoms with Crippen molar-refractivity contribution in [3.8, 4) is 5.75 Å². The lowest BCUT2D eigenvalue weighted by Crippen LogP contribution is -2.51. The monoisotopic (exact) mass is 707 g/mol. The van der Waals surface area contributed by atoms with Crippen LogP contribution in [0.2, 0.25) is 0 Å². The van der Waals surface area contributed by atoms with E-state index in [1.54, 1.807) is 43.3 Å². The van der Waals surface area contributed by atoms with Gasteiger partial charge in [-0.25, -0.2) is 8.42 Å². The first kappa shape index (κ1) is 32.6. The maximum atomic E-state index is 14.0. The zero-order chi connectivity index (χ0) is 30.0. The average molecular weight is 710 g/mol. The van der Waals surface area contributed by atoms with E-state index in [9.17, 15) is 18.0 Å². The van der Waals surface area contributed by atoms with Crippen molar-refractivity contribution in [2.24, 2.45) is 0 Å². The van der Waals surface area contributed by atoms with Crippen molar-refractivity contribution < 1.29 is 22.7 Å². The van der Waals surface area contributed by atoms with Crippen molar-refractivity contribution in [1.82, 2.24) is 10.2 Å². The minimum absolute atomic E-state index is 0.0344. The van der Waals surface area contributed by atoms with E-state index >= 15 is 0 Å². The molecule has 0 saturated carbocycles. The maximum absolute atomic E-state index is 14.0. The van der Waals surface area contributed by atoms with Gasteiger partial charge < -0.3 is 15.0 Å². The highest BCUT2D eigenvalue weighted by molar-refractivity contribution is 9.10. The zero-order valence-corrected chi connectivity index (χ0v) is 27.3. The van der Waals surface area contributed by atoms with Gasteiger partial charge in [0.1, 0.15) is 18.3 Å². The van der Waals surface area contributed by atoms with Crippen LogP contribution in [0.3, 0.4) is 0 Å². The molecule has 8 nitrogen and oxygen atoms in total. The molecular formula is C30H35Br2N3O5S. The molecule has 0 aliphatic rings. The summed E-state index contributed by atoms with van der Waals surface area (Å²) in [6.45, 7) is 6.12. The van der Waals surface area contributed by atoms with Crippen LogP contribution in [0.15, 0.2) is 86.6 Å². The number of sulfonamides is 1. The van der Waals surface area contributed by atoms with Crippen LogP contribution in [-0.4, -0.2) is 50.9 Å². The number of nitrogens with zero attached hydrogens (tertiary/aromatic N) is 2. The number of halogens is 2. The topological polar surface area (TPSA) is 96.0 Å². The molecule has 41 heavy (non-hydrogen) atoms. The normalized spacial score (nSPS) is 11.9. The highest BCUT2D eigenvalue weighted by Crippen LogP contribution is 2.27. The van der Waals surface area contributed by atoms with Gasteiger partial charge in [0.25, 0.3) is 10.0 Å². The standard InChI is InChI=1S/C30H35Br2N3O5S/c1-4-6-19-33-30(37)22(3)34(20-23-7-9-24(31)10-8-23)29(36)21-35(26-13-15-27(16-14-26)40-5-2)41(38,39)28-17-11-25(32)12-18-28/h7-18,22H,4-6,19-21H2,1-3H3,(H,33,37). The average Bonchev–Trinajstić information content (AvgIpc) is 2.96. The molecule has 0 saturated heterocycles. The summed E-state index contributed by atoms with van der Waals surface area (Å²) in [6, 6.07) is 19.4. The molecule has 0 aliphatic carbocycles. The molecular weight excluding hydrogens is 674 g/mol. The lowest BCUT2D eigenvalue weighted by atomic mass is 10.1. The highest BCUT2D eigenvalue weighted by Gasteiger charge is 2.32. The predicted molar refractivity (Wildman–Crippen MR) is 168 cm³/mol. The summed E-state index contributed by atoms with van der Waals surface area (Å²) in [7, 11) is -4.15. The Kier molecular flexibility index (Phi) is 12.2. The van der Waals surface area contributed by atoms with Crippen molar-refractivity contribution in [2.75, 3.05) is 24.0 Å². The molecule has 11 heteroatoms. The molecule has 0 spiro atoms. The minimum atomic E-state index is -4.15. The van der Waals surface area contributed by atoms with Crippen LogP contribution in [0.1, 0.15) is 39.2 Å². The van der Waals surface area contributed by atoms with E-state index in [2.05, 4.69) is 37.2 Å². The second-order valence-corrected chi connectivity index (χ2v) is 13.1. The van der Waals surface area contributed by atoms with Crippen molar-refractivity contribution in [3.63, 3.8) is 0 Å². The molecule has 3 rings (SSSR count). The molecule has 3 aromatic carbocycles. The number of amides is 2. The largest absolute Gasteiger partial charge is 0.494 e. The lowest BCUT2D eigenvalue weighted by Gasteiger charge is -2.32. The number of carbonyl (C=O) groups is 2. The van der Waals surface area contributed by atoms with Crippen LogP contribution >= 0.6 is 31.9 Å². The van der Waals surface area contributed by atoms with Crippen LogP contribution in [-0.2, 0) is 26.2 Å². The number of benzene rings is 3. The van der Waals surface area contributed by atoms with Gasteiger partial charge in [0, 0.05) is 22.0 Å². The van der Waals surface area contributed by atoms with E-state index in [1.165, 1.54) is 17.0 Å². The molecule has 1 atom stereocenters. The van der Waals surface area contributed by atoms with Crippen molar-refractivity contribution in [1.29, 1.82) is 0 Å². The first-order valence-electron chi connectivity index (χ1n) is 13.4. The summed E-state index contributed by atoms with van der Waals surface area (Å²) >= 11 is 6.76. The number of nitrogens with one attached hydrogen (secondary N) is 1. The van der Waals surface area contributed by atoms with Gasteiger partial charge in [0.2, 0.25) is 11.8 Å². The van der Waals surface area contributed by atoms with E-state index in [1.807, 2.05) is 38.1 Å². The van der Waals surface area contributed by atoms with Crippen LogP contribution in [0, 0.1) is 0 Å². The quantitative estimate of drug-likeness (QED) is 0.203. The third-order valence-electron chi connectivity index (χ3n) is 6.38. The SMILES string of the molecule is CCCCNC(=O)C(C)N(Cc1ccc(Br)cc1)C(=O)CN(c1ccc(OCC)cc1)S(=O)(=O)c1ccc(Br)cc1. The fraction of sp³-hybridized carbons (Fsp3) is 0.333.